The van der Waals surface area contributed by atoms with E-state index in [-0.39, 0.29) is 17.2 Å². The minimum absolute atomic E-state index is 0.0837. The number of aryl methyl sites for hydroxylation is 1. The molecule has 4 nitrogen and oxygen atoms in total. The Morgan fingerprint density at radius 3 is 2.81 bits per heavy atom. The van der Waals surface area contributed by atoms with Crippen molar-refractivity contribution in [2.45, 2.75) is 38.3 Å². The molecular formula is C15H20N2O2S2. The van der Waals surface area contributed by atoms with Gasteiger partial charge in [-0.15, -0.1) is 11.8 Å². The van der Waals surface area contributed by atoms with Crippen LogP contribution in [0.3, 0.4) is 0 Å². The average molecular weight is 324 g/mol. The number of fused-ring (bicyclic) bond motifs is 1. The highest BCUT2D eigenvalue weighted by Gasteiger charge is 2.55. The Labute approximate surface area is 133 Å². The highest BCUT2D eigenvalue weighted by molar-refractivity contribution is 8.22. The largest absolute Gasteiger partial charge is 0.392 e. The van der Waals surface area contributed by atoms with Gasteiger partial charge in [0.05, 0.1) is 16.3 Å². The van der Waals surface area contributed by atoms with Gasteiger partial charge in [0.15, 0.2) is 0 Å². The third-order valence-corrected chi connectivity index (χ3v) is 6.89. The van der Waals surface area contributed by atoms with Crippen molar-refractivity contribution < 1.29 is 9.90 Å². The molecule has 114 valence electrons. The van der Waals surface area contributed by atoms with Crippen LogP contribution in [0.4, 0.5) is 0 Å². The van der Waals surface area contributed by atoms with Gasteiger partial charge in [-0.2, -0.15) is 0 Å². The molecular weight excluding hydrogens is 304 g/mol. The summed E-state index contributed by atoms with van der Waals surface area (Å²) < 4.78 is 3.39. The number of amides is 1. The summed E-state index contributed by atoms with van der Waals surface area (Å²) in [5, 5.41) is 10.1. The summed E-state index contributed by atoms with van der Waals surface area (Å²) >= 11 is 3.55. The van der Waals surface area contributed by atoms with Crippen molar-refractivity contribution in [2.75, 3.05) is 5.75 Å². The van der Waals surface area contributed by atoms with Crippen molar-refractivity contribution in [2.24, 2.45) is 5.92 Å². The van der Waals surface area contributed by atoms with Gasteiger partial charge in [0.25, 0.3) is 0 Å². The maximum atomic E-state index is 12.2. The fourth-order valence-corrected chi connectivity index (χ4v) is 5.68. The van der Waals surface area contributed by atoms with Gasteiger partial charge in [-0.3, -0.25) is 4.79 Å². The molecule has 0 saturated carbocycles. The first kappa shape index (κ1) is 15.1. The number of nitrogens with zero attached hydrogens (tertiary/aromatic N) is 2. The normalized spacial score (nSPS) is 26.0. The molecule has 0 bridgehead atoms. The molecule has 1 aromatic heterocycles. The highest BCUT2D eigenvalue weighted by Crippen LogP contribution is 2.53. The van der Waals surface area contributed by atoms with Crippen LogP contribution in [0, 0.1) is 5.92 Å². The fraction of sp³-hybridized carbons (Fsp3) is 0.533. The van der Waals surface area contributed by atoms with E-state index in [2.05, 4.69) is 17.0 Å². The Kier molecular flexibility index (Phi) is 4.38. The average Bonchev–Trinajstić information content (AvgIpc) is 3.06. The molecule has 1 fully saturated rings. The summed E-state index contributed by atoms with van der Waals surface area (Å²) in [5.41, 5.74) is 1.06. The number of β-lactam (4-membered cyclic amide) rings is 1. The summed E-state index contributed by atoms with van der Waals surface area (Å²) in [5.74, 6) is 0.849. The molecule has 1 N–H and O–H groups in total. The summed E-state index contributed by atoms with van der Waals surface area (Å²) in [6.07, 6.45) is 4.25. The number of aromatic nitrogens is 1. The molecule has 6 heteroatoms. The van der Waals surface area contributed by atoms with E-state index in [9.17, 15) is 9.90 Å². The van der Waals surface area contributed by atoms with Crippen molar-refractivity contribution in [3.05, 3.63) is 34.5 Å². The minimum Gasteiger partial charge on any atom is -0.392 e. The predicted octanol–water partition coefficient (Wildman–Crippen LogP) is 2.71. The first-order valence-electron chi connectivity index (χ1n) is 7.25. The van der Waals surface area contributed by atoms with Crippen LogP contribution >= 0.6 is 23.5 Å². The highest BCUT2D eigenvalue weighted by atomic mass is 32.2. The second kappa shape index (κ2) is 6.10. The number of aliphatic hydroxyl groups excluding tert-OH is 1. The summed E-state index contributed by atoms with van der Waals surface area (Å²) in [6.45, 7) is 4.90. The second-order valence-electron chi connectivity index (χ2n) is 5.36. The van der Waals surface area contributed by atoms with E-state index < -0.39 is 6.10 Å². The van der Waals surface area contributed by atoms with Crippen LogP contribution in [-0.4, -0.2) is 37.7 Å². The Balaban J connectivity index is 1.58. The maximum absolute atomic E-state index is 12.2. The molecule has 3 rings (SSSR count). The van der Waals surface area contributed by atoms with Crippen molar-refractivity contribution in [1.82, 2.24) is 9.47 Å². The summed E-state index contributed by atoms with van der Waals surface area (Å²) in [4.78, 5) is 14.0. The lowest BCUT2D eigenvalue weighted by molar-refractivity contribution is -0.153. The molecule has 3 heterocycles. The lowest BCUT2D eigenvalue weighted by atomic mass is 9.90. The van der Waals surface area contributed by atoms with E-state index >= 15 is 0 Å². The van der Waals surface area contributed by atoms with E-state index in [0.29, 0.717) is 6.42 Å². The number of thioether (sulfide) groups is 2. The molecule has 0 aliphatic carbocycles. The van der Waals surface area contributed by atoms with Gasteiger partial charge in [0.1, 0.15) is 5.37 Å². The van der Waals surface area contributed by atoms with Gasteiger partial charge in [-0.05, 0) is 25.5 Å². The number of rotatable bonds is 6. The van der Waals surface area contributed by atoms with Crippen molar-refractivity contribution in [3.63, 3.8) is 0 Å². The number of carbonyl (C=O) groups excluding carboxylic acids is 1. The zero-order chi connectivity index (χ0) is 15.0. The molecule has 1 saturated heterocycles. The van der Waals surface area contributed by atoms with Crippen LogP contribution in [0.1, 0.15) is 20.3 Å². The number of hydrogen-bond acceptors (Lipinski definition) is 4. The van der Waals surface area contributed by atoms with Crippen molar-refractivity contribution in [3.8, 4) is 0 Å². The number of aliphatic hydroxyl groups is 1. The quantitative estimate of drug-likeness (QED) is 0.817. The van der Waals surface area contributed by atoms with Crippen LogP contribution in [-0.2, 0) is 11.3 Å². The molecule has 0 aromatic carbocycles. The van der Waals surface area contributed by atoms with Gasteiger partial charge < -0.3 is 14.6 Å². The Hall–Kier alpha value is -0.850. The molecule has 0 spiro atoms. The van der Waals surface area contributed by atoms with Gasteiger partial charge in [0.2, 0.25) is 5.91 Å². The zero-order valence-electron chi connectivity index (χ0n) is 12.2. The van der Waals surface area contributed by atoms with E-state index in [1.54, 1.807) is 11.8 Å². The zero-order valence-corrected chi connectivity index (χ0v) is 13.9. The standard InChI is InChI=1S/C15H20N2O2S2/c1-3-11(18)12-13(19)17-10(2)15(21-14(12)17)20-9-8-16-6-4-5-7-16/h4-7,11-12,14,18H,3,8-9H2,1-2H3/t11-,12+,14+/m0/s1. The van der Waals surface area contributed by atoms with Gasteiger partial charge in [0, 0.05) is 30.4 Å². The van der Waals surface area contributed by atoms with E-state index in [1.807, 2.05) is 42.6 Å². The van der Waals surface area contributed by atoms with Crippen LogP contribution in [0.25, 0.3) is 0 Å². The van der Waals surface area contributed by atoms with Crippen molar-refractivity contribution >= 4 is 29.4 Å². The number of hydrogen-bond donors (Lipinski definition) is 1. The SMILES string of the molecule is CC[C@H](O)[C@@H]1C(=O)N2C(C)=C(SCCn3cccc3)S[C@H]12. The Morgan fingerprint density at radius 2 is 2.14 bits per heavy atom. The van der Waals surface area contributed by atoms with Crippen LogP contribution in [0.15, 0.2) is 34.5 Å². The van der Waals surface area contributed by atoms with Gasteiger partial charge in [-0.1, -0.05) is 18.7 Å². The van der Waals surface area contributed by atoms with E-state index in [4.69, 9.17) is 0 Å². The smallest absolute Gasteiger partial charge is 0.236 e. The topological polar surface area (TPSA) is 45.5 Å². The van der Waals surface area contributed by atoms with E-state index in [0.717, 1.165) is 18.0 Å². The molecule has 0 unspecified atom stereocenters. The summed E-state index contributed by atoms with van der Waals surface area (Å²) in [6, 6.07) is 4.06. The third kappa shape index (κ3) is 2.64. The Bertz CT molecular complexity index is 556. The molecule has 1 aromatic rings. The monoisotopic (exact) mass is 324 g/mol. The molecule has 2 aliphatic heterocycles. The molecule has 1 amide bonds. The van der Waals surface area contributed by atoms with Gasteiger partial charge in [-0.25, -0.2) is 0 Å². The molecule has 2 aliphatic rings. The first-order chi connectivity index (χ1) is 10.1. The molecule has 3 atom stereocenters. The van der Waals surface area contributed by atoms with Gasteiger partial charge >= 0.3 is 0 Å². The molecule has 0 radical (unpaired) electrons. The minimum atomic E-state index is -0.511. The lowest BCUT2D eigenvalue weighted by Crippen LogP contribution is -2.60. The predicted molar refractivity (Wildman–Crippen MR) is 87.6 cm³/mol. The second-order valence-corrected chi connectivity index (χ2v) is 7.85. The summed E-state index contributed by atoms with van der Waals surface area (Å²) in [7, 11) is 0. The maximum Gasteiger partial charge on any atom is 0.236 e. The fourth-order valence-electron chi connectivity index (χ4n) is 2.77. The molecule has 21 heavy (non-hydrogen) atoms. The van der Waals surface area contributed by atoms with Crippen LogP contribution < -0.4 is 0 Å². The Morgan fingerprint density at radius 1 is 1.43 bits per heavy atom. The number of carbonyl (C=O) groups is 1. The van der Waals surface area contributed by atoms with Crippen molar-refractivity contribution in [1.29, 1.82) is 0 Å². The third-order valence-electron chi connectivity index (χ3n) is 4.05. The lowest BCUT2D eigenvalue weighted by Gasteiger charge is -2.44. The van der Waals surface area contributed by atoms with Crippen LogP contribution in [0.2, 0.25) is 0 Å². The number of allylic oxidation sites excluding steroid dienone is 1. The first-order valence-corrected chi connectivity index (χ1v) is 9.12. The van der Waals surface area contributed by atoms with Crippen LogP contribution in [0.5, 0.6) is 0 Å². The van der Waals surface area contributed by atoms with E-state index in [1.165, 1.54) is 4.24 Å².